The molecule has 2 aliphatic heterocycles. The van der Waals surface area contributed by atoms with Gasteiger partial charge in [0.2, 0.25) is 0 Å². The lowest BCUT2D eigenvalue weighted by atomic mass is 9.82. The van der Waals surface area contributed by atoms with Gasteiger partial charge in [0, 0.05) is 12.3 Å². The number of carbonyl (C=O) groups excluding carboxylic acids is 1. The molecule has 2 saturated heterocycles. The number of fused-ring (bicyclic) bond motifs is 2. The minimum atomic E-state index is -0.0283. The Morgan fingerprint density at radius 3 is 3.00 bits per heavy atom. The molecule has 0 N–H and O–H groups in total. The average Bonchev–Trinajstić information content (AvgIpc) is 2.86. The lowest BCUT2D eigenvalue weighted by Crippen LogP contribution is -2.24. The molecule has 5 unspecified atom stereocenters. The van der Waals surface area contributed by atoms with Gasteiger partial charge in [0.15, 0.2) is 0 Å². The molecule has 1 aliphatic carbocycles. The summed E-state index contributed by atoms with van der Waals surface area (Å²) < 4.78 is 11.4. The Labute approximate surface area is 109 Å². The molecule has 0 aromatic rings. The molecule has 0 amide bonds. The molecule has 2 fully saturated rings. The Balaban J connectivity index is 1.83. The van der Waals surface area contributed by atoms with Crippen LogP contribution in [0.1, 0.15) is 46.5 Å². The second-order valence-electron chi connectivity index (χ2n) is 6.38. The largest absolute Gasteiger partial charge is 0.461 e. The van der Waals surface area contributed by atoms with Crippen molar-refractivity contribution < 1.29 is 14.3 Å². The normalized spacial score (nSPS) is 47.7. The highest BCUT2D eigenvalue weighted by molar-refractivity contribution is 5.74. The fourth-order valence-electron chi connectivity index (χ4n) is 3.45. The van der Waals surface area contributed by atoms with Crippen molar-refractivity contribution in [3.63, 3.8) is 0 Å². The Morgan fingerprint density at radius 1 is 1.44 bits per heavy atom. The average molecular weight is 250 g/mol. The van der Waals surface area contributed by atoms with E-state index in [2.05, 4.69) is 19.9 Å². The van der Waals surface area contributed by atoms with Gasteiger partial charge in [-0.2, -0.15) is 0 Å². The summed E-state index contributed by atoms with van der Waals surface area (Å²) in [5.41, 5.74) is 1.39. The summed E-state index contributed by atoms with van der Waals surface area (Å²) in [6.45, 7) is 6.33. The summed E-state index contributed by atoms with van der Waals surface area (Å²) in [5.74, 6) is 0.320. The number of ether oxygens (including phenoxy) is 2. The van der Waals surface area contributed by atoms with E-state index in [1.165, 1.54) is 5.57 Å². The first-order valence-electron chi connectivity index (χ1n) is 7.03. The molecule has 0 spiro atoms. The van der Waals surface area contributed by atoms with E-state index in [0.29, 0.717) is 12.0 Å². The van der Waals surface area contributed by atoms with Crippen LogP contribution in [0.2, 0.25) is 0 Å². The standard InChI is InChI=1S/C15H22O3/c1-9-5-4-6-15(3)13(18-15)8-11-10(2)14(16)17-12(11)7-9/h5,10-13H,4,6-8H2,1-3H3. The first-order chi connectivity index (χ1) is 8.49. The van der Waals surface area contributed by atoms with Gasteiger partial charge in [-0.05, 0) is 33.1 Å². The van der Waals surface area contributed by atoms with Crippen LogP contribution in [0.15, 0.2) is 11.6 Å². The Morgan fingerprint density at radius 2 is 2.22 bits per heavy atom. The quantitative estimate of drug-likeness (QED) is 0.377. The summed E-state index contributed by atoms with van der Waals surface area (Å²) in [5, 5.41) is 0. The predicted octanol–water partition coefficient (Wildman–Crippen LogP) is 2.84. The van der Waals surface area contributed by atoms with Crippen molar-refractivity contribution in [1.29, 1.82) is 0 Å². The van der Waals surface area contributed by atoms with Crippen LogP contribution >= 0.6 is 0 Å². The molecule has 5 atom stereocenters. The minimum Gasteiger partial charge on any atom is -0.461 e. The molecule has 3 heteroatoms. The minimum absolute atomic E-state index is 0.0238. The number of hydrogen-bond acceptors (Lipinski definition) is 3. The number of esters is 1. The highest BCUT2D eigenvalue weighted by atomic mass is 16.6. The van der Waals surface area contributed by atoms with Crippen molar-refractivity contribution >= 4 is 5.97 Å². The zero-order valence-electron chi connectivity index (χ0n) is 11.4. The molecule has 100 valence electrons. The lowest BCUT2D eigenvalue weighted by molar-refractivity contribution is -0.143. The smallest absolute Gasteiger partial charge is 0.309 e. The fourth-order valence-corrected chi connectivity index (χ4v) is 3.45. The molecule has 0 aromatic heterocycles. The van der Waals surface area contributed by atoms with Crippen LogP contribution < -0.4 is 0 Å². The summed E-state index contributed by atoms with van der Waals surface area (Å²) in [6, 6.07) is 0. The van der Waals surface area contributed by atoms with Crippen LogP contribution in [-0.4, -0.2) is 23.8 Å². The van der Waals surface area contributed by atoms with E-state index in [-0.39, 0.29) is 23.6 Å². The molecule has 3 rings (SSSR count). The summed E-state index contributed by atoms with van der Waals surface area (Å²) in [7, 11) is 0. The number of rotatable bonds is 0. The van der Waals surface area contributed by atoms with Gasteiger partial charge in [0.1, 0.15) is 6.10 Å². The zero-order valence-corrected chi connectivity index (χ0v) is 11.4. The van der Waals surface area contributed by atoms with E-state index < -0.39 is 0 Å². The Hall–Kier alpha value is -0.830. The predicted molar refractivity (Wildman–Crippen MR) is 68.0 cm³/mol. The topological polar surface area (TPSA) is 38.8 Å². The van der Waals surface area contributed by atoms with Gasteiger partial charge in [-0.15, -0.1) is 0 Å². The number of hydrogen-bond donors (Lipinski definition) is 0. The summed E-state index contributed by atoms with van der Waals surface area (Å²) >= 11 is 0. The zero-order chi connectivity index (χ0) is 12.9. The number of carbonyl (C=O) groups is 1. The molecule has 0 radical (unpaired) electrons. The van der Waals surface area contributed by atoms with Crippen LogP contribution in [0, 0.1) is 11.8 Å². The molecular formula is C15H22O3. The van der Waals surface area contributed by atoms with E-state index in [1.807, 2.05) is 6.92 Å². The first-order valence-corrected chi connectivity index (χ1v) is 7.03. The van der Waals surface area contributed by atoms with Gasteiger partial charge in [-0.3, -0.25) is 4.79 Å². The van der Waals surface area contributed by atoms with Crippen molar-refractivity contribution in [2.45, 2.75) is 64.3 Å². The second-order valence-corrected chi connectivity index (χ2v) is 6.38. The van der Waals surface area contributed by atoms with E-state index in [0.717, 1.165) is 25.7 Å². The molecule has 0 aromatic carbocycles. The van der Waals surface area contributed by atoms with Gasteiger partial charge < -0.3 is 9.47 Å². The third-order valence-electron chi connectivity index (χ3n) is 4.94. The van der Waals surface area contributed by atoms with Crippen molar-refractivity contribution in [2.75, 3.05) is 0 Å². The van der Waals surface area contributed by atoms with Gasteiger partial charge in [0.25, 0.3) is 0 Å². The fraction of sp³-hybridized carbons (Fsp3) is 0.800. The second kappa shape index (κ2) is 4.09. The monoisotopic (exact) mass is 250 g/mol. The Bertz CT molecular complexity index is 401. The van der Waals surface area contributed by atoms with Gasteiger partial charge in [0.05, 0.1) is 17.6 Å². The van der Waals surface area contributed by atoms with Gasteiger partial charge >= 0.3 is 5.97 Å². The molecule has 0 bridgehead atoms. The SMILES string of the molecule is CC1=CCCC2(C)OC2CC2C(C1)OC(=O)C2C. The molecule has 3 aliphatic rings. The number of epoxide rings is 1. The molecule has 3 nitrogen and oxygen atoms in total. The molecular weight excluding hydrogens is 228 g/mol. The first kappa shape index (κ1) is 12.2. The van der Waals surface area contributed by atoms with E-state index >= 15 is 0 Å². The maximum absolute atomic E-state index is 11.8. The summed E-state index contributed by atoms with van der Waals surface area (Å²) in [4.78, 5) is 11.8. The van der Waals surface area contributed by atoms with Gasteiger partial charge in [-0.1, -0.05) is 18.6 Å². The van der Waals surface area contributed by atoms with E-state index in [1.54, 1.807) is 0 Å². The maximum Gasteiger partial charge on any atom is 0.309 e. The van der Waals surface area contributed by atoms with Crippen molar-refractivity contribution in [2.24, 2.45) is 11.8 Å². The Kier molecular flexibility index (Phi) is 2.77. The summed E-state index contributed by atoms with van der Waals surface area (Å²) in [6.07, 6.45) is 6.70. The van der Waals surface area contributed by atoms with Crippen molar-refractivity contribution in [3.05, 3.63) is 11.6 Å². The van der Waals surface area contributed by atoms with Crippen LogP contribution in [0.25, 0.3) is 0 Å². The lowest BCUT2D eigenvalue weighted by Gasteiger charge is -2.20. The highest BCUT2D eigenvalue weighted by Gasteiger charge is 2.55. The third-order valence-corrected chi connectivity index (χ3v) is 4.94. The maximum atomic E-state index is 11.8. The molecule has 18 heavy (non-hydrogen) atoms. The van der Waals surface area contributed by atoms with Crippen LogP contribution in [0.3, 0.4) is 0 Å². The van der Waals surface area contributed by atoms with E-state index in [9.17, 15) is 4.79 Å². The van der Waals surface area contributed by atoms with Crippen LogP contribution in [0.5, 0.6) is 0 Å². The highest BCUT2D eigenvalue weighted by Crippen LogP contribution is 2.48. The van der Waals surface area contributed by atoms with Crippen LogP contribution in [0.4, 0.5) is 0 Å². The molecule has 0 saturated carbocycles. The van der Waals surface area contributed by atoms with E-state index in [4.69, 9.17) is 9.47 Å². The number of allylic oxidation sites excluding steroid dienone is 1. The van der Waals surface area contributed by atoms with Crippen molar-refractivity contribution in [3.8, 4) is 0 Å². The van der Waals surface area contributed by atoms with Crippen molar-refractivity contribution in [1.82, 2.24) is 0 Å². The molecule has 2 heterocycles. The van der Waals surface area contributed by atoms with Crippen LogP contribution in [-0.2, 0) is 14.3 Å². The van der Waals surface area contributed by atoms with Gasteiger partial charge in [-0.25, -0.2) is 0 Å². The third kappa shape index (κ3) is 1.99.